The Labute approximate surface area is 129 Å². The van der Waals surface area contributed by atoms with Gasteiger partial charge < -0.3 is 9.31 Å². The Kier molecular flexibility index (Phi) is 3.70. The van der Waals surface area contributed by atoms with Crippen LogP contribution in [0.4, 0.5) is 0 Å². The van der Waals surface area contributed by atoms with Crippen molar-refractivity contribution in [2.24, 2.45) is 11.3 Å². The van der Waals surface area contributed by atoms with Crippen LogP contribution >= 0.6 is 0 Å². The molecule has 1 fully saturated rings. The van der Waals surface area contributed by atoms with Crippen molar-refractivity contribution in [2.45, 2.75) is 59.5 Å². The van der Waals surface area contributed by atoms with Gasteiger partial charge in [0, 0.05) is 12.0 Å². The molecule has 2 nitrogen and oxygen atoms in total. The highest BCUT2D eigenvalue weighted by atomic mass is 16.6. The second-order valence-corrected chi connectivity index (χ2v) is 8.03. The third-order valence-corrected chi connectivity index (χ3v) is 5.60. The monoisotopic (exact) mass is 286 g/mol. The number of hydrogen-bond donors (Lipinski definition) is 0. The molecule has 0 aromatic heterocycles. The van der Waals surface area contributed by atoms with Gasteiger partial charge in [-0.15, -0.1) is 0 Å². The quantitative estimate of drug-likeness (QED) is 0.737. The first-order valence-corrected chi connectivity index (χ1v) is 8.20. The van der Waals surface area contributed by atoms with E-state index in [0.29, 0.717) is 0 Å². The molecule has 3 rings (SSSR count). The van der Waals surface area contributed by atoms with Gasteiger partial charge in [0.05, 0.1) is 5.60 Å². The molecule has 1 aromatic rings. The Morgan fingerprint density at radius 3 is 2.62 bits per heavy atom. The van der Waals surface area contributed by atoms with Gasteiger partial charge in [-0.05, 0) is 55.6 Å². The fraction of sp³-hybridized carbons (Fsp3) is 0.667. The Morgan fingerprint density at radius 2 is 1.90 bits per heavy atom. The molecule has 1 saturated heterocycles. The summed E-state index contributed by atoms with van der Waals surface area (Å²) in [6.45, 7) is 11.8. The zero-order chi connectivity index (χ0) is 15.3. The van der Waals surface area contributed by atoms with Crippen LogP contribution in [0, 0.1) is 11.3 Å². The van der Waals surface area contributed by atoms with Gasteiger partial charge in [0.25, 0.3) is 0 Å². The van der Waals surface area contributed by atoms with E-state index >= 15 is 0 Å². The van der Waals surface area contributed by atoms with E-state index in [0.717, 1.165) is 12.5 Å². The smallest absolute Gasteiger partial charge is 0.407 e. The van der Waals surface area contributed by atoms with Gasteiger partial charge in [0.1, 0.15) is 0 Å². The zero-order valence-electron chi connectivity index (χ0n) is 14.0. The van der Waals surface area contributed by atoms with Crippen molar-refractivity contribution in [1.29, 1.82) is 0 Å². The van der Waals surface area contributed by atoms with Crippen LogP contribution in [0.15, 0.2) is 18.2 Å². The van der Waals surface area contributed by atoms with Crippen LogP contribution < -0.4 is 5.46 Å². The summed E-state index contributed by atoms with van der Waals surface area (Å²) in [7, 11) is -0.224. The SMILES string of the molecule is CC1CCc2cc(B3OCC(C)(C)C(C)(C)O3)ccc2C1. The summed E-state index contributed by atoms with van der Waals surface area (Å²) >= 11 is 0. The lowest BCUT2D eigenvalue weighted by atomic mass is 9.68. The molecule has 21 heavy (non-hydrogen) atoms. The van der Waals surface area contributed by atoms with E-state index in [1.54, 1.807) is 0 Å². The molecule has 0 amide bonds. The minimum absolute atomic E-state index is 0.0349. The summed E-state index contributed by atoms with van der Waals surface area (Å²) in [5.41, 5.74) is 4.02. The van der Waals surface area contributed by atoms with Crippen LogP contribution in [-0.2, 0) is 22.2 Å². The molecule has 0 spiro atoms. The maximum atomic E-state index is 6.27. The largest absolute Gasteiger partial charge is 0.494 e. The highest BCUT2D eigenvalue weighted by Gasteiger charge is 2.46. The molecular formula is C18H27BO2. The predicted octanol–water partition coefficient (Wildman–Crippen LogP) is 3.36. The number of rotatable bonds is 1. The molecule has 3 heteroatoms. The Morgan fingerprint density at radius 1 is 1.14 bits per heavy atom. The Bertz CT molecular complexity index is 536. The van der Waals surface area contributed by atoms with Crippen molar-refractivity contribution in [3.8, 4) is 0 Å². The third kappa shape index (κ3) is 2.78. The number of aryl methyl sites for hydroxylation is 1. The molecule has 0 radical (unpaired) electrons. The van der Waals surface area contributed by atoms with Gasteiger partial charge in [-0.2, -0.15) is 0 Å². The van der Waals surface area contributed by atoms with Crippen LogP contribution in [0.25, 0.3) is 0 Å². The van der Waals surface area contributed by atoms with Crippen LogP contribution in [-0.4, -0.2) is 19.3 Å². The highest BCUT2D eigenvalue weighted by Crippen LogP contribution is 2.38. The summed E-state index contributed by atoms with van der Waals surface area (Å²) < 4.78 is 12.3. The third-order valence-electron chi connectivity index (χ3n) is 5.60. The number of fused-ring (bicyclic) bond motifs is 1. The molecule has 114 valence electrons. The molecule has 1 aliphatic carbocycles. The van der Waals surface area contributed by atoms with E-state index in [2.05, 4.69) is 52.8 Å². The first-order valence-electron chi connectivity index (χ1n) is 8.20. The van der Waals surface area contributed by atoms with Gasteiger partial charge in [-0.1, -0.05) is 39.0 Å². The van der Waals surface area contributed by atoms with E-state index in [1.807, 2.05) is 0 Å². The molecule has 0 bridgehead atoms. The van der Waals surface area contributed by atoms with Crippen LogP contribution in [0.5, 0.6) is 0 Å². The molecular weight excluding hydrogens is 259 g/mol. The standard InChI is InChI=1S/C18H27BO2/c1-13-6-7-15-11-16(9-8-14(15)10-13)19-20-12-17(2,3)18(4,5)21-19/h8-9,11,13H,6-7,10,12H2,1-5H3. The average molecular weight is 286 g/mol. The van der Waals surface area contributed by atoms with Gasteiger partial charge in [0.15, 0.2) is 0 Å². The van der Waals surface area contributed by atoms with Crippen molar-refractivity contribution >= 4 is 12.6 Å². The Balaban J connectivity index is 1.82. The summed E-state index contributed by atoms with van der Waals surface area (Å²) in [6.07, 6.45) is 3.69. The van der Waals surface area contributed by atoms with E-state index in [4.69, 9.17) is 9.31 Å². The lowest BCUT2D eigenvalue weighted by molar-refractivity contribution is -0.0937. The van der Waals surface area contributed by atoms with Crippen molar-refractivity contribution in [2.75, 3.05) is 6.61 Å². The summed E-state index contributed by atoms with van der Waals surface area (Å²) in [5.74, 6) is 0.810. The van der Waals surface area contributed by atoms with Crippen molar-refractivity contribution < 1.29 is 9.31 Å². The zero-order valence-corrected chi connectivity index (χ0v) is 14.0. The molecule has 2 aliphatic rings. The second kappa shape index (κ2) is 5.14. The molecule has 1 heterocycles. The van der Waals surface area contributed by atoms with Gasteiger partial charge in [-0.25, -0.2) is 0 Å². The average Bonchev–Trinajstić information content (AvgIpc) is 2.41. The minimum Gasteiger partial charge on any atom is -0.407 e. The lowest BCUT2D eigenvalue weighted by Gasteiger charge is -2.47. The lowest BCUT2D eigenvalue weighted by Crippen LogP contribution is -2.58. The summed E-state index contributed by atoms with van der Waals surface area (Å²) in [6, 6.07) is 6.77. The first-order chi connectivity index (χ1) is 9.78. The molecule has 1 aromatic carbocycles. The molecule has 0 N–H and O–H groups in total. The van der Waals surface area contributed by atoms with Crippen LogP contribution in [0.1, 0.15) is 52.2 Å². The van der Waals surface area contributed by atoms with Crippen LogP contribution in [0.2, 0.25) is 0 Å². The number of benzene rings is 1. The fourth-order valence-corrected chi connectivity index (χ4v) is 3.19. The van der Waals surface area contributed by atoms with E-state index in [1.165, 1.54) is 35.9 Å². The number of hydrogen-bond acceptors (Lipinski definition) is 2. The minimum atomic E-state index is -0.224. The normalized spacial score (nSPS) is 27.3. The van der Waals surface area contributed by atoms with Gasteiger partial charge in [0.2, 0.25) is 0 Å². The first kappa shape index (κ1) is 15.1. The molecule has 1 unspecified atom stereocenters. The predicted molar refractivity (Wildman–Crippen MR) is 87.9 cm³/mol. The Hall–Kier alpha value is -0.795. The summed E-state index contributed by atoms with van der Waals surface area (Å²) in [4.78, 5) is 0. The summed E-state index contributed by atoms with van der Waals surface area (Å²) in [5, 5.41) is 0. The molecule has 1 atom stereocenters. The maximum absolute atomic E-state index is 6.27. The topological polar surface area (TPSA) is 18.5 Å². The van der Waals surface area contributed by atoms with Gasteiger partial charge in [-0.3, -0.25) is 0 Å². The van der Waals surface area contributed by atoms with Crippen molar-refractivity contribution in [1.82, 2.24) is 0 Å². The highest BCUT2D eigenvalue weighted by molar-refractivity contribution is 6.61. The van der Waals surface area contributed by atoms with E-state index in [9.17, 15) is 0 Å². The van der Waals surface area contributed by atoms with Crippen molar-refractivity contribution in [3.63, 3.8) is 0 Å². The van der Waals surface area contributed by atoms with E-state index < -0.39 is 0 Å². The molecule has 0 saturated carbocycles. The second-order valence-electron chi connectivity index (χ2n) is 8.03. The maximum Gasteiger partial charge on any atom is 0.494 e. The van der Waals surface area contributed by atoms with Crippen LogP contribution in [0.3, 0.4) is 0 Å². The van der Waals surface area contributed by atoms with E-state index in [-0.39, 0.29) is 18.1 Å². The van der Waals surface area contributed by atoms with Gasteiger partial charge >= 0.3 is 7.12 Å². The fourth-order valence-electron chi connectivity index (χ4n) is 3.19. The molecule has 1 aliphatic heterocycles. The van der Waals surface area contributed by atoms with Crippen molar-refractivity contribution in [3.05, 3.63) is 29.3 Å².